The summed E-state index contributed by atoms with van der Waals surface area (Å²) in [6.07, 6.45) is 1.81. The maximum Gasteiger partial charge on any atom is 0.339 e. The summed E-state index contributed by atoms with van der Waals surface area (Å²) in [5.41, 5.74) is 2.78. The predicted octanol–water partition coefficient (Wildman–Crippen LogP) is 4.19. The molecule has 1 aliphatic heterocycles. The van der Waals surface area contributed by atoms with Gasteiger partial charge in [-0.3, -0.25) is 9.69 Å². The van der Waals surface area contributed by atoms with Crippen molar-refractivity contribution in [1.29, 1.82) is 0 Å². The van der Waals surface area contributed by atoms with E-state index in [2.05, 4.69) is 0 Å². The highest BCUT2D eigenvalue weighted by Crippen LogP contribution is 2.37. The van der Waals surface area contributed by atoms with Gasteiger partial charge in [-0.1, -0.05) is 65.9 Å². The molecule has 126 valence electrons. The van der Waals surface area contributed by atoms with Crippen molar-refractivity contribution in [3.8, 4) is 0 Å². The molecule has 1 aliphatic rings. The number of hydrogen-bond acceptors (Lipinski definition) is 5. The van der Waals surface area contributed by atoms with Crippen molar-refractivity contribution < 1.29 is 14.3 Å². The van der Waals surface area contributed by atoms with Crippen LogP contribution < -0.4 is 4.90 Å². The number of carbonyl (C=O) groups is 2. The number of amides is 1. The molecule has 0 N–H and O–H groups in total. The molecule has 4 nitrogen and oxygen atoms in total. The van der Waals surface area contributed by atoms with E-state index in [1.807, 2.05) is 37.3 Å². The number of anilines is 1. The Labute approximate surface area is 155 Å². The molecule has 6 heteroatoms. The first kappa shape index (κ1) is 17.4. The molecule has 1 fully saturated rings. The van der Waals surface area contributed by atoms with Gasteiger partial charge in [-0.25, -0.2) is 4.79 Å². The van der Waals surface area contributed by atoms with Crippen LogP contribution in [0, 0.1) is 6.92 Å². The summed E-state index contributed by atoms with van der Waals surface area (Å²) < 4.78 is 5.19. The Bertz CT molecular complexity index is 905. The Morgan fingerprint density at radius 1 is 1.20 bits per heavy atom. The van der Waals surface area contributed by atoms with E-state index in [0.29, 0.717) is 20.5 Å². The van der Waals surface area contributed by atoms with E-state index in [9.17, 15) is 9.59 Å². The first-order valence-electron chi connectivity index (χ1n) is 7.53. The minimum absolute atomic E-state index is 0.243. The summed E-state index contributed by atoms with van der Waals surface area (Å²) in [5.74, 6) is -0.750. The predicted molar refractivity (Wildman–Crippen MR) is 105 cm³/mol. The number of nitrogens with zero attached hydrogens (tertiary/aromatic N) is 1. The van der Waals surface area contributed by atoms with Crippen molar-refractivity contribution >= 4 is 51.9 Å². The van der Waals surface area contributed by atoms with Crippen LogP contribution in [0.15, 0.2) is 53.4 Å². The third kappa shape index (κ3) is 3.50. The quantitative estimate of drug-likeness (QED) is 0.461. The van der Waals surface area contributed by atoms with Crippen molar-refractivity contribution in [3.63, 3.8) is 0 Å². The number of methoxy groups -OCH3 is 1. The number of hydrogen-bond donors (Lipinski definition) is 0. The third-order valence-corrected chi connectivity index (χ3v) is 4.99. The van der Waals surface area contributed by atoms with Crippen molar-refractivity contribution in [3.05, 3.63) is 70.1 Å². The highest BCUT2D eigenvalue weighted by atomic mass is 32.2. The summed E-state index contributed by atoms with van der Waals surface area (Å²) in [6, 6.07) is 14.6. The van der Waals surface area contributed by atoms with Gasteiger partial charge in [0.05, 0.1) is 23.3 Å². The first-order chi connectivity index (χ1) is 12.0. The third-order valence-electron chi connectivity index (χ3n) is 3.68. The number of aryl methyl sites for hydroxylation is 1. The zero-order valence-corrected chi connectivity index (χ0v) is 15.3. The van der Waals surface area contributed by atoms with Crippen LogP contribution in [0.4, 0.5) is 5.69 Å². The van der Waals surface area contributed by atoms with Crippen LogP contribution in [0.2, 0.25) is 0 Å². The van der Waals surface area contributed by atoms with Crippen LogP contribution in [0.5, 0.6) is 0 Å². The second kappa shape index (κ2) is 7.21. The lowest BCUT2D eigenvalue weighted by Gasteiger charge is -2.17. The summed E-state index contributed by atoms with van der Waals surface area (Å²) in [5, 5.41) is 0. The number of thioether (sulfide) groups is 1. The topological polar surface area (TPSA) is 46.6 Å². The van der Waals surface area contributed by atoms with Crippen molar-refractivity contribution in [2.45, 2.75) is 6.92 Å². The minimum atomic E-state index is -0.507. The highest BCUT2D eigenvalue weighted by molar-refractivity contribution is 8.27. The molecule has 2 aromatic rings. The van der Waals surface area contributed by atoms with Crippen LogP contribution in [0.25, 0.3) is 6.08 Å². The summed E-state index contributed by atoms with van der Waals surface area (Å²) in [4.78, 5) is 26.8. The largest absolute Gasteiger partial charge is 0.465 e. The van der Waals surface area contributed by atoms with Gasteiger partial charge in [-0.05, 0) is 30.7 Å². The number of esters is 1. The Kier molecular flexibility index (Phi) is 5.01. The first-order valence-corrected chi connectivity index (χ1v) is 8.75. The Morgan fingerprint density at radius 3 is 2.68 bits per heavy atom. The molecule has 0 saturated carbocycles. The minimum Gasteiger partial charge on any atom is -0.465 e. The van der Waals surface area contributed by atoms with Crippen LogP contribution in [-0.4, -0.2) is 23.3 Å². The highest BCUT2D eigenvalue weighted by Gasteiger charge is 2.35. The van der Waals surface area contributed by atoms with E-state index in [1.54, 1.807) is 24.3 Å². The van der Waals surface area contributed by atoms with Crippen molar-refractivity contribution in [2.24, 2.45) is 0 Å². The molecule has 1 heterocycles. The monoisotopic (exact) mass is 369 g/mol. The van der Waals surface area contributed by atoms with E-state index < -0.39 is 5.97 Å². The molecule has 1 saturated heterocycles. The normalized spacial score (nSPS) is 15.8. The van der Waals surface area contributed by atoms with E-state index in [4.69, 9.17) is 17.0 Å². The van der Waals surface area contributed by atoms with E-state index in [-0.39, 0.29) is 5.91 Å². The number of benzene rings is 2. The molecule has 2 aromatic carbocycles. The molecule has 0 aliphatic carbocycles. The lowest BCUT2D eigenvalue weighted by molar-refractivity contribution is -0.113. The van der Waals surface area contributed by atoms with E-state index in [0.717, 1.165) is 11.1 Å². The Balaban J connectivity index is 1.99. The lowest BCUT2D eigenvalue weighted by Crippen LogP contribution is -2.29. The zero-order valence-electron chi connectivity index (χ0n) is 13.7. The van der Waals surface area contributed by atoms with Crippen molar-refractivity contribution in [2.75, 3.05) is 12.0 Å². The maximum atomic E-state index is 12.9. The molecule has 25 heavy (non-hydrogen) atoms. The molecule has 0 radical (unpaired) electrons. The van der Waals surface area contributed by atoms with E-state index >= 15 is 0 Å². The fourth-order valence-corrected chi connectivity index (χ4v) is 3.82. The molecule has 0 spiro atoms. The summed E-state index contributed by atoms with van der Waals surface area (Å²) in [6.45, 7) is 2.00. The Morgan fingerprint density at radius 2 is 1.96 bits per heavy atom. The molecule has 1 amide bonds. The maximum absolute atomic E-state index is 12.9. The number of para-hydroxylation sites is 1. The molecule has 0 unspecified atom stereocenters. The zero-order chi connectivity index (χ0) is 18.0. The number of ether oxygens (including phenoxy) is 1. The van der Waals surface area contributed by atoms with Crippen LogP contribution >= 0.6 is 24.0 Å². The summed E-state index contributed by atoms with van der Waals surface area (Å²) in [7, 11) is 1.31. The molecule has 0 aromatic heterocycles. The van der Waals surface area contributed by atoms with Gasteiger partial charge in [0.25, 0.3) is 5.91 Å². The number of thiocarbonyl (C=S) groups is 1. The molecular weight excluding hydrogens is 354 g/mol. The van der Waals surface area contributed by atoms with Crippen LogP contribution in [0.3, 0.4) is 0 Å². The van der Waals surface area contributed by atoms with Gasteiger partial charge in [-0.15, -0.1) is 0 Å². The van der Waals surface area contributed by atoms with Gasteiger partial charge in [0.15, 0.2) is 4.32 Å². The van der Waals surface area contributed by atoms with E-state index in [1.165, 1.54) is 23.8 Å². The molecule has 3 rings (SSSR count). The Hall–Kier alpha value is -2.44. The molecule has 0 bridgehead atoms. The molecule has 0 atom stereocenters. The standard InChI is InChI=1S/C19H15NO3S2/c1-12-6-5-7-13(10-12)11-16-17(21)20(19(24)25-16)15-9-4-3-8-14(15)18(22)23-2/h3-11H,1-2H3/b16-11-. The second-order valence-corrected chi connectivity index (χ2v) is 7.12. The number of rotatable bonds is 3. The van der Waals surface area contributed by atoms with Gasteiger partial charge in [0.2, 0.25) is 0 Å². The average Bonchev–Trinajstić information content (AvgIpc) is 2.88. The molecular formula is C19H15NO3S2. The van der Waals surface area contributed by atoms with Gasteiger partial charge in [0.1, 0.15) is 0 Å². The SMILES string of the molecule is COC(=O)c1ccccc1N1C(=O)/C(=C/c2cccc(C)c2)SC1=S. The van der Waals surface area contributed by atoms with Gasteiger partial charge in [0, 0.05) is 0 Å². The van der Waals surface area contributed by atoms with Crippen LogP contribution in [0.1, 0.15) is 21.5 Å². The fourth-order valence-electron chi connectivity index (χ4n) is 2.54. The van der Waals surface area contributed by atoms with Crippen LogP contribution in [-0.2, 0) is 9.53 Å². The average molecular weight is 369 g/mol. The lowest BCUT2D eigenvalue weighted by atomic mass is 10.1. The van der Waals surface area contributed by atoms with Gasteiger partial charge >= 0.3 is 5.97 Å². The van der Waals surface area contributed by atoms with Gasteiger partial charge < -0.3 is 4.74 Å². The number of carbonyl (C=O) groups excluding carboxylic acids is 2. The second-order valence-electron chi connectivity index (χ2n) is 5.44. The van der Waals surface area contributed by atoms with Crippen molar-refractivity contribution in [1.82, 2.24) is 0 Å². The van der Waals surface area contributed by atoms with Gasteiger partial charge in [-0.2, -0.15) is 0 Å². The fraction of sp³-hybridized carbons (Fsp3) is 0.105. The summed E-state index contributed by atoms with van der Waals surface area (Å²) >= 11 is 6.60. The smallest absolute Gasteiger partial charge is 0.339 e.